The second kappa shape index (κ2) is 7.35. The smallest absolute Gasteiger partial charge is 0.318 e. The number of anilines is 2. The van der Waals surface area contributed by atoms with E-state index in [1.54, 1.807) is 4.90 Å². The lowest BCUT2D eigenvalue weighted by atomic mass is 10.0. The third-order valence-corrected chi connectivity index (χ3v) is 6.19. The SMILES string of the molecule is CC1(C)c2[nH]nc(Nc3nc(Cl)nc(Cl)n3)c2CN1C(=O)N[C@H]1C[C@@H]1c1ccccc1. The summed E-state index contributed by atoms with van der Waals surface area (Å²) in [4.78, 5) is 26.7. The molecule has 3 heterocycles. The van der Waals surface area contributed by atoms with Gasteiger partial charge in [0.1, 0.15) is 0 Å². The topological polar surface area (TPSA) is 112 Å². The van der Waals surface area contributed by atoms with Crippen molar-refractivity contribution in [2.75, 3.05) is 5.32 Å². The fraction of sp³-hybridized carbons (Fsp3) is 0.350. The van der Waals surface area contributed by atoms with E-state index in [0.29, 0.717) is 18.3 Å². The molecule has 11 heteroatoms. The van der Waals surface area contributed by atoms with Gasteiger partial charge in [0, 0.05) is 17.5 Å². The molecule has 2 amide bonds. The number of aromatic amines is 1. The highest BCUT2D eigenvalue weighted by Crippen LogP contribution is 2.43. The maximum Gasteiger partial charge on any atom is 0.318 e. The summed E-state index contributed by atoms with van der Waals surface area (Å²) < 4.78 is 0. The molecule has 0 unspecified atom stereocenters. The third kappa shape index (κ3) is 3.68. The molecule has 1 saturated carbocycles. The summed E-state index contributed by atoms with van der Waals surface area (Å²) in [6.07, 6.45) is 0.949. The maximum absolute atomic E-state index is 13.1. The van der Waals surface area contributed by atoms with Gasteiger partial charge in [-0.2, -0.15) is 20.1 Å². The van der Waals surface area contributed by atoms with E-state index < -0.39 is 5.54 Å². The quantitative estimate of drug-likeness (QED) is 0.545. The predicted molar refractivity (Wildman–Crippen MR) is 116 cm³/mol. The molecule has 1 aliphatic carbocycles. The van der Waals surface area contributed by atoms with Gasteiger partial charge in [-0.1, -0.05) is 30.3 Å². The van der Waals surface area contributed by atoms with E-state index in [9.17, 15) is 4.79 Å². The number of urea groups is 1. The van der Waals surface area contributed by atoms with Crippen molar-refractivity contribution in [3.8, 4) is 0 Å². The number of rotatable bonds is 4. The fourth-order valence-corrected chi connectivity index (χ4v) is 4.46. The van der Waals surface area contributed by atoms with Crippen molar-refractivity contribution in [3.05, 3.63) is 57.7 Å². The molecule has 1 fully saturated rings. The van der Waals surface area contributed by atoms with E-state index in [4.69, 9.17) is 23.2 Å². The van der Waals surface area contributed by atoms with Crippen molar-refractivity contribution in [3.63, 3.8) is 0 Å². The lowest BCUT2D eigenvalue weighted by Gasteiger charge is -2.32. The molecule has 5 rings (SSSR count). The molecule has 0 saturated heterocycles. The highest BCUT2D eigenvalue weighted by molar-refractivity contribution is 6.31. The monoisotopic (exact) mass is 458 g/mol. The fourth-order valence-electron chi connectivity index (χ4n) is 4.09. The molecule has 2 aliphatic rings. The molecule has 1 aliphatic heterocycles. The van der Waals surface area contributed by atoms with Crippen LogP contribution in [0.25, 0.3) is 0 Å². The van der Waals surface area contributed by atoms with E-state index in [0.717, 1.165) is 17.7 Å². The minimum atomic E-state index is -0.558. The lowest BCUT2D eigenvalue weighted by Crippen LogP contribution is -2.47. The lowest BCUT2D eigenvalue weighted by molar-refractivity contribution is 0.142. The Hall–Kier alpha value is -2.91. The van der Waals surface area contributed by atoms with Crippen molar-refractivity contribution in [1.29, 1.82) is 0 Å². The molecule has 0 bridgehead atoms. The van der Waals surface area contributed by atoms with Gasteiger partial charge in [-0.25, -0.2) is 4.79 Å². The van der Waals surface area contributed by atoms with Crippen LogP contribution in [0, 0.1) is 0 Å². The first-order valence-corrected chi connectivity index (χ1v) is 10.6. The summed E-state index contributed by atoms with van der Waals surface area (Å²) in [6.45, 7) is 4.36. The van der Waals surface area contributed by atoms with Gasteiger partial charge in [0.2, 0.25) is 16.5 Å². The van der Waals surface area contributed by atoms with Crippen molar-refractivity contribution >= 4 is 41.0 Å². The number of hydrogen-bond donors (Lipinski definition) is 3. The number of nitrogens with one attached hydrogen (secondary N) is 3. The zero-order valence-corrected chi connectivity index (χ0v) is 18.4. The Morgan fingerprint density at radius 3 is 2.58 bits per heavy atom. The summed E-state index contributed by atoms with van der Waals surface area (Å²) in [6, 6.07) is 10.3. The second-order valence-electron chi connectivity index (χ2n) is 8.20. The van der Waals surface area contributed by atoms with Crippen LogP contribution in [0.5, 0.6) is 0 Å². The van der Waals surface area contributed by atoms with Crippen molar-refractivity contribution in [1.82, 2.24) is 35.4 Å². The number of hydrogen-bond acceptors (Lipinski definition) is 6. The molecule has 31 heavy (non-hydrogen) atoms. The van der Waals surface area contributed by atoms with Gasteiger partial charge in [0.25, 0.3) is 0 Å². The van der Waals surface area contributed by atoms with Crippen LogP contribution in [0.1, 0.15) is 43.0 Å². The number of benzene rings is 1. The van der Waals surface area contributed by atoms with Crippen molar-refractivity contribution in [2.24, 2.45) is 0 Å². The molecule has 2 aromatic heterocycles. The molecular formula is C20H20Cl2N8O. The van der Waals surface area contributed by atoms with Gasteiger partial charge in [-0.3, -0.25) is 5.10 Å². The van der Waals surface area contributed by atoms with Gasteiger partial charge < -0.3 is 15.5 Å². The minimum Gasteiger partial charge on any atom is -0.335 e. The normalized spacial score (nSPS) is 21.0. The van der Waals surface area contributed by atoms with Gasteiger partial charge in [-0.15, -0.1) is 0 Å². The van der Waals surface area contributed by atoms with E-state index in [1.807, 2.05) is 32.0 Å². The van der Waals surface area contributed by atoms with Crippen LogP contribution in [-0.2, 0) is 12.1 Å². The molecule has 0 radical (unpaired) electrons. The summed E-state index contributed by atoms with van der Waals surface area (Å²) in [5.41, 5.74) is 2.41. The highest BCUT2D eigenvalue weighted by Gasteiger charge is 2.46. The number of halogens is 2. The van der Waals surface area contributed by atoms with Crippen LogP contribution in [0.2, 0.25) is 10.6 Å². The largest absolute Gasteiger partial charge is 0.335 e. The van der Waals surface area contributed by atoms with Gasteiger partial charge in [-0.05, 0) is 49.0 Å². The predicted octanol–water partition coefficient (Wildman–Crippen LogP) is 3.96. The zero-order chi connectivity index (χ0) is 21.8. The average Bonchev–Trinajstić information content (AvgIpc) is 3.27. The molecule has 3 N–H and O–H groups in total. The van der Waals surface area contributed by atoms with Crippen LogP contribution < -0.4 is 10.6 Å². The molecule has 2 atom stereocenters. The molecule has 160 valence electrons. The van der Waals surface area contributed by atoms with Crippen LogP contribution in [0.3, 0.4) is 0 Å². The van der Waals surface area contributed by atoms with Crippen molar-refractivity contribution in [2.45, 2.75) is 44.3 Å². The number of amides is 2. The third-order valence-electron chi connectivity index (χ3n) is 5.85. The summed E-state index contributed by atoms with van der Waals surface area (Å²) >= 11 is 11.7. The molecule has 0 spiro atoms. The standard InChI is InChI=1S/C20H20Cl2N8O/c1-20(2)14-12(15(29-28-14)24-18-26-16(21)25-17(22)27-18)9-30(20)19(31)23-13-8-11(13)10-6-4-3-5-7-10/h3-7,11,13H,8-9H2,1-2H3,(H,23,31)(H2,24,25,26,27,28,29)/t11-,13+/m1/s1. The van der Waals surface area contributed by atoms with E-state index in [2.05, 4.69) is 47.9 Å². The van der Waals surface area contributed by atoms with Crippen LogP contribution >= 0.6 is 23.2 Å². The zero-order valence-electron chi connectivity index (χ0n) is 16.9. The molecule has 1 aromatic carbocycles. The molecule has 3 aromatic rings. The Bertz CT molecular complexity index is 1130. The Balaban J connectivity index is 1.31. The maximum atomic E-state index is 13.1. The first kappa shape index (κ1) is 20.0. The second-order valence-corrected chi connectivity index (χ2v) is 8.88. The van der Waals surface area contributed by atoms with Crippen LogP contribution in [0.15, 0.2) is 30.3 Å². The van der Waals surface area contributed by atoms with E-state index >= 15 is 0 Å². The number of nitrogens with zero attached hydrogens (tertiary/aromatic N) is 5. The van der Waals surface area contributed by atoms with E-state index in [-0.39, 0.29) is 28.6 Å². The molecular weight excluding hydrogens is 439 g/mol. The number of H-pyrrole nitrogens is 1. The Labute approximate surface area is 188 Å². The number of carbonyl (C=O) groups is 1. The van der Waals surface area contributed by atoms with Gasteiger partial charge >= 0.3 is 6.03 Å². The summed E-state index contributed by atoms with van der Waals surface area (Å²) in [5.74, 6) is 1.07. The van der Waals surface area contributed by atoms with E-state index in [1.165, 1.54) is 5.56 Å². The Kier molecular flexibility index (Phi) is 4.75. The average molecular weight is 459 g/mol. The Morgan fingerprint density at radius 1 is 1.16 bits per heavy atom. The van der Waals surface area contributed by atoms with Crippen molar-refractivity contribution < 1.29 is 4.79 Å². The number of fused-ring (bicyclic) bond motifs is 1. The first-order chi connectivity index (χ1) is 14.8. The first-order valence-electron chi connectivity index (χ1n) is 9.88. The van der Waals surface area contributed by atoms with Crippen LogP contribution in [0.4, 0.5) is 16.6 Å². The Morgan fingerprint density at radius 2 is 1.87 bits per heavy atom. The van der Waals surface area contributed by atoms with Gasteiger partial charge in [0.05, 0.1) is 17.8 Å². The minimum absolute atomic E-state index is 0.0200. The summed E-state index contributed by atoms with van der Waals surface area (Å²) in [5, 5.41) is 13.5. The molecule has 9 nitrogen and oxygen atoms in total. The van der Waals surface area contributed by atoms with Gasteiger partial charge in [0.15, 0.2) is 5.82 Å². The highest BCUT2D eigenvalue weighted by atomic mass is 35.5. The summed E-state index contributed by atoms with van der Waals surface area (Å²) in [7, 11) is 0. The number of carbonyl (C=O) groups excluding carboxylic acids is 1. The number of aromatic nitrogens is 5. The van der Waals surface area contributed by atoms with Crippen LogP contribution in [-0.4, -0.2) is 42.1 Å².